The third-order valence-electron chi connectivity index (χ3n) is 2.59. The van der Waals surface area contributed by atoms with Gasteiger partial charge in [0.15, 0.2) is 0 Å². The highest BCUT2D eigenvalue weighted by atomic mass is 28.3. The third kappa shape index (κ3) is 5.66. The summed E-state index contributed by atoms with van der Waals surface area (Å²) in [6, 6.07) is 2.25. The zero-order valence-corrected chi connectivity index (χ0v) is 13.5. The van der Waals surface area contributed by atoms with Gasteiger partial charge in [-0.05, 0) is 13.0 Å². The summed E-state index contributed by atoms with van der Waals surface area (Å²) in [4.78, 5) is 23.2. The molecule has 0 saturated heterocycles. The van der Waals surface area contributed by atoms with Gasteiger partial charge in [0.25, 0.3) is 5.56 Å². The predicted molar refractivity (Wildman–Crippen MR) is 78.6 cm³/mol. The van der Waals surface area contributed by atoms with Crippen LogP contribution in [-0.2, 0) is 16.2 Å². The van der Waals surface area contributed by atoms with E-state index in [1.807, 2.05) is 0 Å². The lowest BCUT2D eigenvalue weighted by atomic mass is 10.3. The van der Waals surface area contributed by atoms with Gasteiger partial charge in [-0.25, -0.2) is 9.48 Å². The van der Waals surface area contributed by atoms with E-state index in [0.29, 0.717) is 6.61 Å². The van der Waals surface area contributed by atoms with Crippen LogP contribution in [0, 0.1) is 0 Å². The van der Waals surface area contributed by atoms with E-state index >= 15 is 0 Å². The minimum absolute atomic E-state index is 0.104. The molecule has 0 amide bonds. The number of aromatic nitrogens is 2. The molecule has 0 saturated carbocycles. The maximum atomic E-state index is 11.8. The maximum Gasteiger partial charge on any atom is 0.339 e. The first-order valence-electron chi connectivity index (χ1n) is 6.65. The summed E-state index contributed by atoms with van der Waals surface area (Å²) in [5.74, 6) is -0.538. The van der Waals surface area contributed by atoms with Crippen molar-refractivity contribution < 1.29 is 14.3 Å². The van der Waals surface area contributed by atoms with Crippen LogP contribution in [0.3, 0.4) is 0 Å². The molecule has 6 nitrogen and oxygen atoms in total. The number of carbonyl (C=O) groups is 1. The molecule has 0 radical (unpaired) electrons. The topological polar surface area (TPSA) is 70.4 Å². The van der Waals surface area contributed by atoms with Crippen molar-refractivity contribution in [2.75, 3.05) is 13.2 Å². The number of hydrogen-bond acceptors (Lipinski definition) is 5. The SMILES string of the molecule is CCOC(=O)c1cnn(COCC[Si](C)(C)C)c(=O)c1. The second-order valence-corrected chi connectivity index (χ2v) is 11.3. The summed E-state index contributed by atoms with van der Waals surface area (Å²) < 4.78 is 11.4. The number of ether oxygens (including phenoxy) is 2. The fraction of sp³-hybridized carbons (Fsp3) is 0.615. The van der Waals surface area contributed by atoms with Crippen molar-refractivity contribution in [1.82, 2.24) is 9.78 Å². The Hall–Kier alpha value is -1.47. The van der Waals surface area contributed by atoms with E-state index in [1.165, 1.54) is 16.9 Å². The lowest BCUT2D eigenvalue weighted by Gasteiger charge is -2.15. The van der Waals surface area contributed by atoms with E-state index in [0.717, 1.165) is 6.04 Å². The zero-order chi connectivity index (χ0) is 15.2. The summed E-state index contributed by atoms with van der Waals surface area (Å²) in [5.41, 5.74) is -0.209. The van der Waals surface area contributed by atoms with Gasteiger partial charge in [0, 0.05) is 20.7 Å². The molecular weight excluding hydrogens is 276 g/mol. The third-order valence-corrected chi connectivity index (χ3v) is 4.29. The lowest BCUT2D eigenvalue weighted by molar-refractivity contribution is 0.0521. The fourth-order valence-electron chi connectivity index (χ4n) is 1.39. The molecule has 1 aromatic rings. The summed E-state index contributed by atoms with van der Waals surface area (Å²) >= 11 is 0. The molecule has 112 valence electrons. The standard InChI is InChI=1S/C13H22N2O4Si/c1-5-19-13(17)11-8-12(16)15(14-9-11)10-18-6-7-20(2,3)4/h8-9H,5-7,10H2,1-4H3. The molecule has 0 aromatic carbocycles. The van der Waals surface area contributed by atoms with E-state index < -0.39 is 14.0 Å². The van der Waals surface area contributed by atoms with Crippen molar-refractivity contribution in [3.63, 3.8) is 0 Å². The Morgan fingerprint density at radius 2 is 2.10 bits per heavy atom. The smallest absolute Gasteiger partial charge is 0.339 e. The average molecular weight is 298 g/mol. The van der Waals surface area contributed by atoms with Gasteiger partial charge in [0.1, 0.15) is 6.73 Å². The van der Waals surface area contributed by atoms with Gasteiger partial charge in [-0.3, -0.25) is 4.79 Å². The minimum Gasteiger partial charge on any atom is -0.462 e. The second kappa shape index (κ2) is 7.35. The highest BCUT2D eigenvalue weighted by Gasteiger charge is 2.13. The maximum absolute atomic E-state index is 11.8. The molecule has 0 spiro atoms. The van der Waals surface area contributed by atoms with Gasteiger partial charge in [-0.15, -0.1) is 0 Å². The first-order valence-corrected chi connectivity index (χ1v) is 10.4. The molecule has 1 heterocycles. The summed E-state index contributed by atoms with van der Waals surface area (Å²) in [7, 11) is -1.14. The Bertz CT molecular complexity index is 508. The van der Waals surface area contributed by atoms with Gasteiger partial charge in [-0.2, -0.15) is 5.10 Å². The van der Waals surface area contributed by atoms with Crippen LogP contribution in [-0.4, -0.2) is 37.0 Å². The van der Waals surface area contributed by atoms with Crippen LogP contribution in [0.25, 0.3) is 0 Å². The molecule has 0 aliphatic heterocycles. The van der Waals surface area contributed by atoms with Crippen molar-refractivity contribution in [3.8, 4) is 0 Å². The van der Waals surface area contributed by atoms with Crippen LogP contribution < -0.4 is 5.56 Å². The van der Waals surface area contributed by atoms with Gasteiger partial charge in [0.2, 0.25) is 0 Å². The van der Waals surface area contributed by atoms with Crippen molar-refractivity contribution in [3.05, 3.63) is 28.2 Å². The Morgan fingerprint density at radius 3 is 2.65 bits per heavy atom. The van der Waals surface area contributed by atoms with Crippen LogP contribution in [0.5, 0.6) is 0 Å². The Labute approximate surface area is 119 Å². The van der Waals surface area contributed by atoms with Gasteiger partial charge in [-0.1, -0.05) is 19.6 Å². The molecule has 0 atom stereocenters. The van der Waals surface area contributed by atoms with E-state index in [-0.39, 0.29) is 24.5 Å². The monoisotopic (exact) mass is 298 g/mol. The van der Waals surface area contributed by atoms with Crippen LogP contribution in [0.1, 0.15) is 17.3 Å². The Balaban J connectivity index is 2.56. The lowest BCUT2D eigenvalue weighted by Crippen LogP contribution is -2.27. The number of esters is 1. The van der Waals surface area contributed by atoms with Crippen molar-refractivity contribution in [1.29, 1.82) is 0 Å². The number of rotatable bonds is 7. The van der Waals surface area contributed by atoms with Crippen molar-refractivity contribution in [2.45, 2.75) is 39.3 Å². The van der Waals surface area contributed by atoms with Crippen molar-refractivity contribution >= 4 is 14.0 Å². The predicted octanol–water partition coefficient (Wildman–Crippen LogP) is 1.73. The molecule has 1 aromatic heterocycles. The molecule has 0 unspecified atom stereocenters. The molecule has 20 heavy (non-hydrogen) atoms. The number of carbonyl (C=O) groups excluding carboxylic acids is 1. The molecule has 0 fully saturated rings. The van der Waals surface area contributed by atoms with E-state index in [1.54, 1.807) is 6.92 Å². The highest BCUT2D eigenvalue weighted by Crippen LogP contribution is 2.07. The largest absolute Gasteiger partial charge is 0.462 e. The molecule has 0 aliphatic carbocycles. The molecular formula is C13H22N2O4Si. The summed E-state index contributed by atoms with van der Waals surface area (Å²) in [6.45, 7) is 9.47. The van der Waals surface area contributed by atoms with Crippen molar-refractivity contribution in [2.24, 2.45) is 0 Å². The zero-order valence-electron chi connectivity index (χ0n) is 12.5. The van der Waals surface area contributed by atoms with Gasteiger partial charge >= 0.3 is 5.97 Å². The number of nitrogens with zero attached hydrogens (tertiary/aromatic N) is 2. The Morgan fingerprint density at radius 1 is 1.40 bits per heavy atom. The van der Waals surface area contributed by atoms with Crippen LogP contribution in [0.4, 0.5) is 0 Å². The molecule has 1 rings (SSSR count). The van der Waals surface area contributed by atoms with Crippen LogP contribution in [0.15, 0.2) is 17.1 Å². The fourth-order valence-corrected chi connectivity index (χ4v) is 2.14. The molecule has 7 heteroatoms. The van der Waals surface area contributed by atoms with Gasteiger partial charge in [0.05, 0.1) is 18.4 Å². The normalized spacial score (nSPS) is 11.4. The highest BCUT2D eigenvalue weighted by molar-refractivity contribution is 6.76. The summed E-state index contributed by atoms with van der Waals surface area (Å²) in [6.07, 6.45) is 1.32. The summed E-state index contributed by atoms with van der Waals surface area (Å²) in [5, 5.41) is 3.91. The van der Waals surface area contributed by atoms with Gasteiger partial charge < -0.3 is 9.47 Å². The van der Waals surface area contributed by atoms with Crippen LogP contribution in [0.2, 0.25) is 25.7 Å². The Kier molecular flexibility index (Phi) is 6.09. The molecule has 0 aliphatic rings. The van der Waals surface area contributed by atoms with E-state index in [2.05, 4.69) is 24.7 Å². The molecule has 0 bridgehead atoms. The van der Waals surface area contributed by atoms with E-state index in [4.69, 9.17) is 9.47 Å². The quantitative estimate of drug-likeness (QED) is 0.435. The number of hydrogen-bond donors (Lipinski definition) is 0. The second-order valence-electron chi connectivity index (χ2n) is 5.65. The average Bonchev–Trinajstić information content (AvgIpc) is 2.35. The van der Waals surface area contributed by atoms with E-state index in [9.17, 15) is 9.59 Å². The molecule has 0 N–H and O–H groups in total. The first-order chi connectivity index (χ1) is 9.33. The minimum atomic E-state index is -1.14. The first kappa shape index (κ1) is 16.6. The van der Waals surface area contributed by atoms with Crippen LogP contribution >= 0.6 is 0 Å².